The Labute approximate surface area is 217 Å². The van der Waals surface area contributed by atoms with Gasteiger partial charge < -0.3 is 29.5 Å². The molecule has 0 spiro atoms. The molecule has 1 aliphatic rings. The maximum atomic E-state index is 16.3. The van der Waals surface area contributed by atoms with Crippen LogP contribution in [0.15, 0.2) is 91.0 Å². The Balaban J connectivity index is 1.81. The highest BCUT2D eigenvalue weighted by atomic mass is 19.1. The summed E-state index contributed by atoms with van der Waals surface area (Å²) in [6.45, 7) is -0.916. The van der Waals surface area contributed by atoms with E-state index < -0.39 is 53.6 Å². The molecule has 3 aromatic rings. The van der Waals surface area contributed by atoms with Crippen LogP contribution in [0.4, 0.5) is 4.39 Å². The lowest BCUT2D eigenvalue weighted by atomic mass is 9.66. The van der Waals surface area contributed by atoms with Gasteiger partial charge in [0.1, 0.15) is 12.7 Å². The van der Waals surface area contributed by atoms with E-state index in [-0.39, 0.29) is 16.7 Å². The predicted octanol–water partition coefficient (Wildman–Crippen LogP) is 2.10. The Morgan fingerprint density at radius 2 is 1.24 bits per heavy atom. The van der Waals surface area contributed by atoms with Crippen molar-refractivity contribution >= 4 is 17.5 Å². The standard InChI is InChI=1S/C28H25FO9/c1-36-28(35)27(34,24(31)19-13-7-3-8-14-19)26(33,23(30)18-11-5-2-6-12-18)22(29)21(38-28)17-37-25(32)20-15-9-4-10-16-20/h2-16,21-22,33-35H,17H2,1H3/t21-,22-,26-,27-,28+/m1/s1. The van der Waals surface area contributed by atoms with Crippen molar-refractivity contribution in [3.05, 3.63) is 108 Å². The van der Waals surface area contributed by atoms with E-state index in [2.05, 4.69) is 0 Å². The molecule has 0 aromatic heterocycles. The molecule has 0 bridgehead atoms. The van der Waals surface area contributed by atoms with Crippen LogP contribution in [0.1, 0.15) is 31.1 Å². The van der Waals surface area contributed by atoms with Gasteiger partial charge in [-0.15, -0.1) is 0 Å². The molecule has 0 amide bonds. The number of Topliss-reactive ketones (excluding diaryl/α,β-unsaturated/α-hetero) is 2. The Morgan fingerprint density at radius 3 is 1.71 bits per heavy atom. The number of rotatable bonds is 8. The van der Waals surface area contributed by atoms with Crippen LogP contribution in [0.5, 0.6) is 0 Å². The quantitative estimate of drug-likeness (QED) is 0.230. The lowest BCUT2D eigenvalue weighted by Gasteiger charge is -2.54. The zero-order valence-corrected chi connectivity index (χ0v) is 20.2. The molecule has 38 heavy (non-hydrogen) atoms. The van der Waals surface area contributed by atoms with Crippen molar-refractivity contribution in [1.29, 1.82) is 0 Å². The topological polar surface area (TPSA) is 140 Å². The van der Waals surface area contributed by atoms with E-state index in [1.165, 1.54) is 60.7 Å². The Morgan fingerprint density at radius 1 is 0.789 bits per heavy atom. The molecule has 198 valence electrons. The second kappa shape index (κ2) is 10.5. The van der Waals surface area contributed by atoms with Gasteiger partial charge in [-0.3, -0.25) is 9.59 Å². The molecule has 1 saturated heterocycles. The van der Waals surface area contributed by atoms with Crippen molar-refractivity contribution in [2.45, 2.75) is 29.5 Å². The SMILES string of the molecule is CO[C@]1(O)O[C@H](COC(=O)c2ccccc2)[C@@H](F)[C@@](O)(C(=O)c2ccccc2)[C@]1(O)C(=O)c1ccccc1. The van der Waals surface area contributed by atoms with Crippen LogP contribution in [0, 0.1) is 0 Å². The van der Waals surface area contributed by atoms with Gasteiger partial charge in [0.15, 0.2) is 6.17 Å². The molecule has 9 nitrogen and oxygen atoms in total. The number of alkyl halides is 1. The van der Waals surface area contributed by atoms with Gasteiger partial charge in [0.05, 0.1) is 5.56 Å². The van der Waals surface area contributed by atoms with Crippen LogP contribution >= 0.6 is 0 Å². The van der Waals surface area contributed by atoms with Gasteiger partial charge in [0, 0.05) is 18.2 Å². The summed E-state index contributed by atoms with van der Waals surface area (Å²) < 4.78 is 31.6. The number of aliphatic hydroxyl groups is 3. The molecule has 0 unspecified atom stereocenters. The number of carbonyl (C=O) groups is 3. The van der Waals surface area contributed by atoms with Gasteiger partial charge in [0.2, 0.25) is 22.8 Å². The second-order valence-electron chi connectivity index (χ2n) is 8.68. The molecular formula is C28H25FO9. The molecule has 10 heteroatoms. The first-order valence-electron chi connectivity index (χ1n) is 11.6. The lowest BCUT2D eigenvalue weighted by molar-refractivity contribution is -0.465. The number of ether oxygens (including phenoxy) is 3. The van der Waals surface area contributed by atoms with Crippen molar-refractivity contribution < 1.29 is 48.3 Å². The largest absolute Gasteiger partial charge is 0.459 e. The molecule has 3 aromatic carbocycles. The van der Waals surface area contributed by atoms with Gasteiger partial charge in [-0.05, 0) is 12.1 Å². The van der Waals surface area contributed by atoms with Crippen molar-refractivity contribution in [3.63, 3.8) is 0 Å². The predicted molar refractivity (Wildman–Crippen MR) is 130 cm³/mol. The highest BCUT2D eigenvalue weighted by Crippen LogP contribution is 2.48. The number of ketones is 2. The Kier molecular flexibility index (Phi) is 7.54. The van der Waals surface area contributed by atoms with Gasteiger partial charge in [-0.25, -0.2) is 9.18 Å². The molecule has 5 atom stereocenters. The third kappa shape index (κ3) is 4.32. The fourth-order valence-corrected chi connectivity index (χ4v) is 4.40. The summed E-state index contributed by atoms with van der Waals surface area (Å²) in [5.74, 6) is -7.22. The van der Waals surface area contributed by atoms with E-state index in [4.69, 9.17) is 14.2 Å². The highest BCUT2D eigenvalue weighted by molar-refractivity contribution is 6.13. The molecule has 3 N–H and O–H groups in total. The smallest absolute Gasteiger partial charge is 0.338 e. The number of hydrogen-bond donors (Lipinski definition) is 3. The monoisotopic (exact) mass is 524 g/mol. The summed E-state index contributed by atoms with van der Waals surface area (Å²) in [5.41, 5.74) is -7.81. The minimum absolute atomic E-state index is 0.118. The average Bonchev–Trinajstić information content (AvgIpc) is 2.97. The van der Waals surface area contributed by atoms with Crippen molar-refractivity contribution in [3.8, 4) is 0 Å². The molecule has 4 rings (SSSR count). The highest BCUT2D eigenvalue weighted by Gasteiger charge is 2.79. The van der Waals surface area contributed by atoms with E-state index >= 15 is 4.39 Å². The molecule has 1 aliphatic heterocycles. The van der Waals surface area contributed by atoms with E-state index in [1.807, 2.05) is 0 Å². The zero-order valence-electron chi connectivity index (χ0n) is 20.2. The van der Waals surface area contributed by atoms with E-state index in [1.54, 1.807) is 30.3 Å². The number of carbonyl (C=O) groups excluding carboxylic acids is 3. The molecule has 1 fully saturated rings. The van der Waals surface area contributed by atoms with Crippen molar-refractivity contribution in [1.82, 2.24) is 0 Å². The van der Waals surface area contributed by atoms with E-state index in [9.17, 15) is 29.7 Å². The number of methoxy groups -OCH3 is 1. The van der Waals surface area contributed by atoms with Crippen molar-refractivity contribution in [2.24, 2.45) is 0 Å². The van der Waals surface area contributed by atoms with E-state index in [0.29, 0.717) is 0 Å². The Bertz CT molecular complexity index is 1300. The normalized spacial score (nSPS) is 28.9. The first-order chi connectivity index (χ1) is 18.1. The molecule has 1 heterocycles. The summed E-state index contributed by atoms with van der Waals surface area (Å²) in [6, 6.07) is 21.4. The molecule has 0 saturated carbocycles. The third-order valence-electron chi connectivity index (χ3n) is 6.46. The average molecular weight is 524 g/mol. The van der Waals surface area contributed by atoms with Gasteiger partial charge in [-0.1, -0.05) is 78.9 Å². The van der Waals surface area contributed by atoms with Crippen LogP contribution in [-0.4, -0.2) is 76.0 Å². The van der Waals surface area contributed by atoms with Gasteiger partial charge in [-0.2, -0.15) is 0 Å². The molecule has 0 aliphatic carbocycles. The zero-order chi connectivity index (χ0) is 27.6. The first-order valence-corrected chi connectivity index (χ1v) is 11.6. The second-order valence-corrected chi connectivity index (χ2v) is 8.68. The fraction of sp³-hybridized carbons (Fsp3) is 0.250. The summed E-state index contributed by atoms with van der Waals surface area (Å²) >= 11 is 0. The molecule has 0 radical (unpaired) electrons. The lowest BCUT2D eigenvalue weighted by Crippen LogP contribution is -2.84. The van der Waals surface area contributed by atoms with Crippen LogP contribution in [-0.2, 0) is 14.2 Å². The van der Waals surface area contributed by atoms with Gasteiger partial charge >= 0.3 is 11.9 Å². The number of halogens is 1. The maximum absolute atomic E-state index is 16.3. The summed E-state index contributed by atoms with van der Waals surface area (Å²) in [5, 5.41) is 34.8. The van der Waals surface area contributed by atoms with Crippen LogP contribution in [0.25, 0.3) is 0 Å². The maximum Gasteiger partial charge on any atom is 0.338 e. The van der Waals surface area contributed by atoms with E-state index in [0.717, 1.165) is 7.11 Å². The summed E-state index contributed by atoms with van der Waals surface area (Å²) in [6.07, 6.45) is -4.93. The first kappa shape index (κ1) is 27.2. The summed E-state index contributed by atoms with van der Waals surface area (Å²) in [7, 11) is 0.822. The number of esters is 1. The minimum Gasteiger partial charge on any atom is -0.459 e. The Hall–Kier alpha value is -3.80. The fourth-order valence-electron chi connectivity index (χ4n) is 4.40. The molecular weight excluding hydrogens is 499 g/mol. The van der Waals surface area contributed by atoms with Crippen molar-refractivity contribution in [2.75, 3.05) is 13.7 Å². The van der Waals surface area contributed by atoms with Crippen LogP contribution in [0.2, 0.25) is 0 Å². The number of benzene rings is 3. The third-order valence-corrected chi connectivity index (χ3v) is 6.46. The summed E-state index contributed by atoms with van der Waals surface area (Å²) in [4.78, 5) is 39.7. The van der Waals surface area contributed by atoms with Crippen LogP contribution in [0.3, 0.4) is 0 Å². The number of hydrogen-bond acceptors (Lipinski definition) is 9. The van der Waals surface area contributed by atoms with Gasteiger partial charge in [0.25, 0.3) is 0 Å². The van der Waals surface area contributed by atoms with Crippen LogP contribution < -0.4 is 0 Å². The minimum atomic E-state index is -3.71.